The lowest BCUT2D eigenvalue weighted by Gasteiger charge is -2.26. The molecule has 0 saturated heterocycles. The van der Waals surface area contributed by atoms with E-state index in [9.17, 15) is 4.79 Å². The Hall–Kier alpha value is -2.09. The first-order valence-electron chi connectivity index (χ1n) is 10.5. The third kappa shape index (κ3) is 5.69. The maximum absolute atomic E-state index is 12.5. The van der Waals surface area contributed by atoms with Crippen LogP contribution in [0.3, 0.4) is 0 Å². The molecule has 144 valence electrons. The van der Waals surface area contributed by atoms with Crippen molar-refractivity contribution in [1.29, 1.82) is 0 Å². The largest absolute Gasteiger partial charge is 0.426 e. The molecule has 0 aromatic heterocycles. The zero-order valence-electron chi connectivity index (χ0n) is 16.7. The molecule has 0 spiro atoms. The van der Waals surface area contributed by atoms with Gasteiger partial charge in [0.15, 0.2) is 0 Å². The summed E-state index contributed by atoms with van der Waals surface area (Å²) in [6.45, 7) is 4.49. The topological polar surface area (TPSA) is 26.3 Å². The monoisotopic (exact) mass is 364 g/mol. The third-order valence-corrected chi connectivity index (χ3v) is 5.93. The summed E-state index contributed by atoms with van der Waals surface area (Å²) in [7, 11) is 0. The summed E-state index contributed by atoms with van der Waals surface area (Å²) >= 11 is 0. The second-order valence-electron chi connectivity index (χ2n) is 8.09. The van der Waals surface area contributed by atoms with Crippen LogP contribution in [0.15, 0.2) is 54.6 Å². The molecule has 3 rings (SSSR count). The first-order chi connectivity index (χ1) is 13.2. The van der Waals surface area contributed by atoms with Crippen LogP contribution in [0.25, 0.3) is 0 Å². The maximum Gasteiger partial charge on any atom is 0.314 e. The molecule has 1 fully saturated rings. The Morgan fingerprint density at radius 1 is 1.00 bits per heavy atom. The Labute approximate surface area is 164 Å². The highest BCUT2D eigenvalue weighted by molar-refractivity contribution is 5.75. The van der Waals surface area contributed by atoms with Gasteiger partial charge in [0.25, 0.3) is 0 Å². The van der Waals surface area contributed by atoms with Gasteiger partial charge < -0.3 is 4.74 Å². The van der Waals surface area contributed by atoms with Gasteiger partial charge in [0.05, 0.1) is 5.92 Å². The van der Waals surface area contributed by atoms with Crippen molar-refractivity contribution in [2.24, 2.45) is 11.8 Å². The van der Waals surface area contributed by atoms with Crippen LogP contribution in [-0.4, -0.2) is 5.97 Å². The number of hydrogen-bond acceptors (Lipinski definition) is 2. The fraction of sp³-hybridized carbons (Fsp3) is 0.480. The Morgan fingerprint density at radius 3 is 2.30 bits per heavy atom. The average molecular weight is 365 g/mol. The lowest BCUT2D eigenvalue weighted by Crippen LogP contribution is -2.25. The molecular weight excluding hydrogens is 332 g/mol. The van der Waals surface area contributed by atoms with Crippen LogP contribution in [0.1, 0.15) is 69.4 Å². The van der Waals surface area contributed by atoms with Crippen molar-refractivity contribution < 1.29 is 9.53 Å². The Kier molecular flexibility index (Phi) is 7.09. The van der Waals surface area contributed by atoms with E-state index in [1.807, 2.05) is 12.1 Å². The fourth-order valence-electron chi connectivity index (χ4n) is 4.24. The van der Waals surface area contributed by atoms with E-state index >= 15 is 0 Å². The minimum Gasteiger partial charge on any atom is -0.426 e. The van der Waals surface area contributed by atoms with Crippen LogP contribution in [0.5, 0.6) is 5.75 Å². The molecule has 0 N–H and O–H groups in total. The standard InChI is InChI=1S/C25H32O2/c1-3-7-20-10-14-23(15-11-20)25(26)27-24-16-12-21(13-17-24)18-19(2)22-8-5-4-6-9-22/h4-6,8-9,12-13,16-17,19-20,23H,3,7,10-11,14-15,18H2,1-2H3/t19-,20?,23?/m1/s1. The van der Waals surface area contributed by atoms with Gasteiger partial charge >= 0.3 is 5.97 Å². The Bertz CT molecular complexity index is 697. The van der Waals surface area contributed by atoms with Gasteiger partial charge in [0, 0.05) is 0 Å². The lowest BCUT2D eigenvalue weighted by atomic mass is 9.80. The molecule has 0 amide bonds. The molecule has 1 saturated carbocycles. The molecule has 2 heteroatoms. The van der Waals surface area contributed by atoms with Gasteiger partial charge in [0.1, 0.15) is 5.75 Å². The van der Waals surface area contributed by atoms with Crippen LogP contribution in [-0.2, 0) is 11.2 Å². The minimum absolute atomic E-state index is 0.0460. The molecule has 1 aliphatic rings. The molecular formula is C25H32O2. The molecule has 1 atom stereocenters. The van der Waals surface area contributed by atoms with Gasteiger partial charge in [-0.05, 0) is 67.2 Å². The molecule has 0 bridgehead atoms. The number of carbonyl (C=O) groups is 1. The number of benzene rings is 2. The first kappa shape index (κ1) is 19.7. The van der Waals surface area contributed by atoms with Crippen LogP contribution >= 0.6 is 0 Å². The van der Waals surface area contributed by atoms with Gasteiger partial charge in [-0.25, -0.2) is 0 Å². The van der Waals surface area contributed by atoms with Crippen molar-refractivity contribution in [3.8, 4) is 5.75 Å². The van der Waals surface area contributed by atoms with Gasteiger partial charge in [-0.2, -0.15) is 0 Å². The fourth-order valence-corrected chi connectivity index (χ4v) is 4.24. The predicted octanol–water partition coefficient (Wildman–Crippen LogP) is 6.54. The Morgan fingerprint density at radius 2 is 1.67 bits per heavy atom. The van der Waals surface area contributed by atoms with Gasteiger partial charge in [-0.3, -0.25) is 4.79 Å². The van der Waals surface area contributed by atoms with Crippen molar-refractivity contribution in [2.45, 2.75) is 64.7 Å². The average Bonchev–Trinajstić information content (AvgIpc) is 2.71. The summed E-state index contributed by atoms with van der Waals surface area (Å²) in [5.74, 6) is 1.99. The smallest absolute Gasteiger partial charge is 0.314 e. The lowest BCUT2D eigenvalue weighted by molar-refractivity contribution is -0.140. The summed E-state index contributed by atoms with van der Waals surface area (Å²) < 4.78 is 5.65. The minimum atomic E-state index is -0.0460. The highest BCUT2D eigenvalue weighted by atomic mass is 16.5. The molecule has 0 unspecified atom stereocenters. The van der Waals surface area contributed by atoms with Crippen molar-refractivity contribution in [1.82, 2.24) is 0 Å². The maximum atomic E-state index is 12.5. The summed E-state index contributed by atoms with van der Waals surface area (Å²) in [6.07, 6.45) is 7.83. The van der Waals surface area contributed by atoms with Crippen LogP contribution in [0.4, 0.5) is 0 Å². The van der Waals surface area contributed by atoms with Gasteiger partial charge in [0.2, 0.25) is 0 Å². The molecule has 1 aliphatic carbocycles. The third-order valence-electron chi connectivity index (χ3n) is 5.93. The summed E-state index contributed by atoms with van der Waals surface area (Å²) in [6, 6.07) is 18.6. The number of ether oxygens (including phenoxy) is 1. The first-order valence-corrected chi connectivity index (χ1v) is 10.5. The summed E-state index contributed by atoms with van der Waals surface area (Å²) in [4.78, 5) is 12.5. The van der Waals surface area contributed by atoms with E-state index in [0.29, 0.717) is 11.7 Å². The molecule has 0 radical (unpaired) electrons. The zero-order valence-corrected chi connectivity index (χ0v) is 16.7. The molecule has 0 heterocycles. The quantitative estimate of drug-likeness (QED) is 0.411. The molecule has 2 nitrogen and oxygen atoms in total. The van der Waals surface area contributed by atoms with Crippen molar-refractivity contribution >= 4 is 5.97 Å². The van der Waals surface area contributed by atoms with Crippen LogP contribution < -0.4 is 4.74 Å². The number of rotatable bonds is 7. The zero-order chi connectivity index (χ0) is 19.1. The predicted molar refractivity (Wildman–Crippen MR) is 111 cm³/mol. The summed E-state index contributed by atoms with van der Waals surface area (Å²) in [5.41, 5.74) is 2.62. The normalized spacial score (nSPS) is 20.8. The molecule has 27 heavy (non-hydrogen) atoms. The van der Waals surface area contributed by atoms with E-state index in [1.165, 1.54) is 36.8 Å². The van der Waals surface area contributed by atoms with Gasteiger partial charge in [-0.1, -0.05) is 69.2 Å². The van der Waals surface area contributed by atoms with Crippen molar-refractivity contribution in [3.63, 3.8) is 0 Å². The van der Waals surface area contributed by atoms with E-state index in [-0.39, 0.29) is 11.9 Å². The second kappa shape index (κ2) is 9.73. The van der Waals surface area contributed by atoms with E-state index < -0.39 is 0 Å². The van der Waals surface area contributed by atoms with Crippen LogP contribution in [0, 0.1) is 11.8 Å². The number of carbonyl (C=O) groups excluding carboxylic acids is 1. The number of hydrogen-bond donors (Lipinski definition) is 0. The highest BCUT2D eigenvalue weighted by Gasteiger charge is 2.27. The highest BCUT2D eigenvalue weighted by Crippen LogP contribution is 2.32. The van der Waals surface area contributed by atoms with Crippen molar-refractivity contribution in [3.05, 3.63) is 65.7 Å². The van der Waals surface area contributed by atoms with E-state index in [2.05, 4.69) is 56.3 Å². The number of esters is 1. The van der Waals surface area contributed by atoms with Gasteiger partial charge in [-0.15, -0.1) is 0 Å². The molecule has 2 aromatic rings. The Balaban J connectivity index is 1.50. The second-order valence-corrected chi connectivity index (χ2v) is 8.09. The summed E-state index contributed by atoms with van der Waals surface area (Å²) in [5, 5.41) is 0. The van der Waals surface area contributed by atoms with Crippen LogP contribution in [0.2, 0.25) is 0 Å². The van der Waals surface area contributed by atoms with E-state index in [4.69, 9.17) is 4.74 Å². The molecule has 2 aromatic carbocycles. The SMILES string of the molecule is CCCC1CCC(C(=O)Oc2ccc(C[C@@H](C)c3ccccc3)cc2)CC1. The van der Waals surface area contributed by atoms with Crippen molar-refractivity contribution in [2.75, 3.05) is 0 Å². The van der Waals surface area contributed by atoms with E-state index in [1.54, 1.807) is 0 Å². The molecule has 0 aliphatic heterocycles. The van der Waals surface area contributed by atoms with E-state index in [0.717, 1.165) is 25.2 Å².